The highest BCUT2D eigenvalue weighted by Gasteiger charge is 2.25. The summed E-state index contributed by atoms with van der Waals surface area (Å²) in [5.74, 6) is -0.193. The molecule has 0 radical (unpaired) electrons. The van der Waals surface area contributed by atoms with Crippen molar-refractivity contribution in [3.05, 3.63) is 52.5 Å². The van der Waals surface area contributed by atoms with Crippen molar-refractivity contribution < 1.29 is 19.1 Å². The first kappa shape index (κ1) is 19.8. The number of hydrogen-bond donors (Lipinski definition) is 1. The van der Waals surface area contributed by atoms with E-state index in [0.717, 1.165) is 10.6 Å². The Morgan fingerprint density at radius 2 is 1.90 bits per heavy atom. The molecule has 1 aliphatic heterocycles. The lowest BCUT2D eigenvalue weighted by molar-refractivity contribution is -0.112. The largest absolute Gasteiger partial charge is 0.481 e. The molecule has 2 aromatic heterocycles. The van der Waals surface area contributed by atoms with E-state index in [4.69, 9.17) is 9.47 Å². The first-order valence-electron chi connectivity index (χ1n) is 9.18. The molecule has 154 valence electrons. The van der Waals surface area contributed by atoms with Crippen molar-refractivity contribution in [3.63, 3.8) is 0 Å². The summed E-state index contributed by atoms with van der Waals surface area (Å²) in [5, 5.41) is 3.03. The van der Waals surface area contributed by atoms with Crippen molar-refractivity contribution in [1.82, 2.24) is 15.0 Å². The molecule has 0 saturated heterocycles. The van der Waals surface area contributed by atoms with Crippen LogP contribution in [0.4, 0.5) is 10.9 Å². The number of Topliss-reactive ketones (excluding diaryl/α,β-unsaturated/α-hetero) is 1. The molecule has 0 fully saturated rings. The number of aromatic nitrogens is 3. The molecule has 0 bridgehead atoms. The average molecular weight is 425 g/mol. The smallest absolute Gasteiger partial charge is 0.321 e. The van der Waals surface area contributed by atoms with E-state index in [1.54, 1.807) is 36.4 Å². The lowest BCUT2D eigenvalue weighted by Gasteiger charge is -2.27. The highest BCUT2D eigenvalue weighted by molar-refractivity contribution is 7.16. The number of methoxy groups -OCH3 is 2. The number of ketones is 1. The molecule has 1 N–H and O–H groups in total. The number of anilines is 2. The topological polar surface area (TPSA) is 107 Å². The van der Waals surface area contributed by atoms with Crippen LogP contribution in [0.25, 0.3) is 0 Å². The summed E-state index contributed by atoms with van der Waals surface area (Å²) >= 11 is 1.35. The third-order valence-corrected chi connectivity index (χ3v) is 5.58. The van der Waals surface area contributed by atoms with Gasteiger partial charge in [-0.2, -0.15) is 9.97 Å². The van der Waals surface area contributed by atoms with Gasteiger partial charge < -0.3 is 14.4 Å². The lowest BCUT2D eigenvalue weighted by Crippen LogP contribution is -2.30. The van der Waals surface area contributed by atoms with Gasteiger partial charge in [-0.3, -0.25) is 14.9 Å². The maximum absolute atomic E-state index is 12.3. The Morgan fingerprint density at radius 3 is 2.63 bits per heavy atom. The maximum Gasteiger partial charge on any atom is 0.321 e. The minimum atomic E-state index is -0.700. The molecule has 10 heteroatoms. The fraction of sp³-hybridized carbons (Fsp3) is 0.250. The minimum Gasteiger partial charge on any atom is -0.481 e. The summed E-state index contributed by atoms with van der Waals surface area (Å²) in [6.07, 6.45) is 0.684. The van der Waals surface area contributed by atoms with Gasteiger partial charge in [-0.1, -0.05) is 41.7 Å². The molecule has 30 heavy (non-hydrogen) atoms. The van der Waals surface area contributed by atoms with Crippen LogP contribution in [0.5, 0.6) is 11.9 Å². The Balaban J connectivity index is 1.48. The first-order chi connectivity index (χ1) is 14.6. The SMILES string of the molecule is COc1cc(N2CCc3nc(NC(=O)C(=O)c4ccccc4)sc3C2)nc(OC)n1. The van der Waals surface area contributed by atoms with E-state index in [0.29, 0.717) is 41.9 Å². The van der Waals surface area contributed by atoms with Gasteiger partial charge in [0.25, 0.3) is 11.7 Å². The van der Waals surface area contributed by atoms with Gasteiger partial charge in [-0.15, -0.1) is 0 Å². The van der Waals surface area contributed by atoms with Crippen molar-refractivity contribution in [2.75, 3.05) is 31.0 Å². The van der Waals surface area contributed by atoms with Crippen LogP contribution in [-0.4, -0.2) is 47.4 Å². The van der Waals surface area contributed by atoms with Crippen molar-refractivity contribution in [2.45, 2.75) is 13.0 Å². The zero-order valence-corrected chi connectivity index (χ0v) is 17.2. The van der Waals surface area contributed by atoms with E-state index in [1.165, 1.54) is 25.6 Å². The molecule has 1 aromatic carbocycles. The molecule has 0 spiro atoms. The van der Waals surface area contributed by atoms with Crippen LogP contribution in [0.1, 0.15) is 20.9 Å². The minimum absolute atomic E-state index is 0.229. The molecule has 1 aliphatic rings. The standard InChI is InChI=1S/C20H19N5O4S/c1-28-16-10-15(22-19(23-16)29-2)25-9-8-13-14(11-25)30-20(21-13)24-18(27)17(26)12-6-4-3-5-7-12/h3-7,10H,8-9,11H2,1-2H3,(H,21,24,27). The van der Waals surface area contributed by atoms with E-state index in [2.05, 4.69) is 25.2 Å². The van der Waals surface area contributed by atoms with Gasteiger partial charge in [0.1, 0.15) is 5.82 Å². The summed E-state index contributed by atoms with van der Waals surface area (Å²) in [6.45, 7) is 1.26. The normalized spacial score (nSPS) is 12.8. The third kappa shape index (κ3) is 4.08. The van der Waals surface area contributed by atoms with Crippen LogP contribution in [0.3, 0.4) is 0 Å². The molecule has 4 rings (SSSR count). The molecular weight excluding hydrogens is 406 g/mol. The number of amides is 1. The molecule has 0 saturated carbocycles. The van der Waals surface area contributed by atoms with Crippen molar-refractivity contribution in [1.29, 1.82) is 0 Å². The van der Waals surface area contributed by atoms with Gasteiger partial charge in [0.05, 0.1) is 26.5 Å². The van der Waals surface area contributed by atoms with Crippen LogP contribution in [0.2, 0.25) is 0 Å². The predicted octanol–water partition coefficient (Wildman–Crippen LogP) is 2.33. The monoisotopic (exact) mass is 425 g/mol. The van der Waals surface area contributed by atoms with Gasteiger partial charge in [0, 0.05) is 29.5 Å². The van der Waals surface area contributed by atoms with Gasteiger partial charge in [0.2, 0.25) is 5.88 Å². The van der Waals surface area contributed by atoms with E-state index >= 15 is 0 Å². The Labute approximate surface area is 176 Å². The zero-order valence-electron chi connectivity index (χ0n) is 16.4. The van der Waals surface area contributed by atoms with Crippen LogP contribution >= 0.6 is 11.3 Å². The van der Waals surface area contributed by atoms with Crippen LogP contribution in [-0.2, 0) is 17.8 Å². The second kappa shape index (κ2) is 8.46. The quantitative estimate of drug-likeness (QED) is 0.474. The number of fused-ring (bicyclic) bond motifs is 1. The van der Waals surface area contributed by atoms with E-state index < -0.39 is 11.7 Å². The van der Waals surface area contributed by atoms with E-state index in [1.807, 2.05) is 0 Å². The van der Waals surface area contributed by atoms with Crippen LogP contribution in [0.15, 0.2) is 36.4 Å². The number of hydrogen-bond acceptors (Lipinski definition) is 9. The van der Waals surface area contributed by atoms with E-state index in [9.17, 15) is 9.59 Å². The number of rotatable bonds is 6. The van der Waals surface area contributed by atoms with Gasteiger partial charge in [0.15, 0.2) is 5.13 Å². The Bertz CT molecular complexity index is 1060. The van der Waals surface area contributed by atoms with Crippen molar-refractivity contribution in [3.8, 4) is 11.9 Å². The predicted molar refractivity (Wildman–Crippen MR) is 111 cm³/mol. The lowest BCUT2D eigenvalue weighted by atomic mass is 10.1. The fourth-order valence-corrected chi connectivity index (χ4v) is 4.09. The fourth-order valence-electron chi connectivity index (χ4n) is 3.07. The Morgan fingerprint density at radius 1 is 1.10 bits per heavy atom. The van der Waals surface area contributed by atoms with E-state index in [-0.39, 0.29) is 6.01 Å². The van der Waals surface area contributed by atoms with Gasteiger partial charge in [-0.25, -0.2) is 4.98 Å². The maximum atomic E-state index is 12.3. The second-order valence-corrected chi connectivity index (χ2v) is 7.55. The molecule has 0 unspecified atom stereocenters. The molecule has 9 nitrogen and oxygen atoms in total. The summed E-state index contributed by atoms with van der Waals surface area (Å²) < 4.78 is 10.4. The molecule has 0 atom stereocenters. The first-order valence-corrected chi connectivity index (χ1v) is 10.0. The molecule has 3 aromatic rings. The van der Waals surface area contributed by atoms with Crippen LogP contribution in [0, 0.1) is 0 Å². The third-order valence-electron chi connectivity index (χ3n) is 4.58. The average Bonchev–Trinajstić information content (AvgIpc) is 3.20. The summed E-state index contributed by atoms with van der Waals surface area (Å²) in [4.78, 5) is 40.6. The second-order valence-electron chi connectivity index (χ2n) is 6.46. The zero-order chi connectivity index (χ0) is 21.1. The van der Waals surface area contributed by atoms with Crippen molar-refractivity contribution in [2.24, 2.45) is 0 Å². The van der Waals surface area contributed by atoms with Crippen molar-refractivity contribution >= 4 is 34.0 Å². The number of nitrogens with zero attached hydrogens (tertiary/aromatic N) is 4. The Hall–Kier alpha value is -3.53. The number of benzene rings is 1. The molecule has 3 heterocycles. The molecular formula is C20H19N5O4S. The number of ether oxygens (including phenoxy) is 2. The van der Waals surface area contributed by atoms with Gasteiger partial charge in [-0.05, 0) is 0 Å². The van der Waals surface area contributed by atoms with Gasteiger partial charge >= 0.3 is 6.01 Å². The number of carbonyl (C=O) groups excluding carboxylic acids is 2. The highest BCUT2D eigenvalue weighted by atomic mass is 32.1. The molecule has 1 amide bonds. The Kier molecular flexibility index (Phi) is 5.57. The summed E-state index contributed by atoms with van der Waals surface area (Å²) in [6, 6.07) is 10.4. The number of thiazole rings is 1. The summed E-state index contributed by atoms with van der Waals surface area (Å²) in [5.41, 5.74) is 1.25. The number of carbonyl (C=O) groups is 2. The van der Waals surface area contributed by atoms with Crippen LogP contribution < -0.4 is 19.7 Å². The number of nitrogens with one attached hydrogen (secondary N) is 1. The summed E-state index contributed by atoms with van der Waals surface area (Å²) in [7, 11) is 3.04. The molecule has 0 aliphatic carbocycles. The highest BCUT2D eigenvalue weighted by Crippen LogP contribution is 2.31.